The van der Waals surface area contributed by atoms with Crippen molar-refractivity contribution in [3.8, 4) is 0 Å². The molecule has 1 saturated carbocycles. The Bertz CT molecular complexity index is 105. The second kappa shape index (κ2) is 13.6. The Morgan fingerprint density at radius 2 is 1.33 bits per heavy atom. The Morgan fingerprint density at radius 3 is 1.53 bits per heavy atom. The molecule has 0 amide bonds. The summed E-state index contributed by atoms with van der Waals surface area (Å²) in [7, 11) is 0.750. The Balaban J connectivity index is -0.000000258. The van der Waals surface area contributed by atoms with E-state index in [2.05, 4.69) is 0 Å². The van der Waals surface area contributed by atoms with Gasteiger partial charge in [0.15, 0.2) is 0 Å². The van der Waals surface area contributed by atoms with Crippen molar-refractivity contribution in [2.75, 3.05) is 7.11 Å². The van der Waals surface area contributed by atoms with Gasteiger partial charge >= 0.3 is 51.4 Å². The third-order valence-electron chi connectivity index (χ3n) is 2.60. The summed E-state index contributed by atoms with van der Waals surface area (Å²) in [6, 6.07) is 0. The first-order chi connectivity index (χ1) is 6.61. The summed E-state index contributed by atoms with van der Waals surface area (Å²) in [4.78, 5) is 0. The molecule has 0 aromatic carbocycles. The molecule has 0 spiro atoms. The maximum atomic E-state index is 9.64. The monoisotopic (exact) mass is 242 g/mol. The average Bonchev–Trinajstić information content (AvgIpc) is 2.24. The first-order valence-electron chi connectivity index (χ1n) is 5.74. The molecule has 15 heavy (non-hydrogen) atoms. The van der Waals surface area contributed by atoms with Crippen molar-refractivity contribution in [3.63, 3.8) is 0 Å². The largest absolute Gasteiger partial charge is 1.00 e. The predicted molar refractivity (Wildman–Crippen MR) is 60.1 cm³/mol. The van der Waals surface area contributed by atoms with E-state index in [4.69, 9.17) is 5.11 Å². The van der Waals surface area contributed by atoms with Crippen LogP contribution in [0.1, 0.15) is 59.8 Å². The molecule has 0 bridgehead atoms. The maximum Gasteiger partial charge on any atom is 1.00 e. The molecule has 0 saturated heterocycles. The van der Waals surface area contributed by atoms with Crippen molar-refractivity contribution in [1.29, 1.82) is 0 Å². The van der Waals surface area contributed by atoms with Crippen LogP contribution in [0.2, 0.25) is 0 Å². The van der Waals surface area contributed by atoms with E-state index in [1.54, 1.807) is 0 Å². The minimum atomic E-state index is -0.430. The molecule has 1 N–H and O–H groups in total. The molecule has 0 aromatic heterocycles. The van der Waals surface area contributed by atoms with E-state index in [0.29, 0.717) is 5.92 Å². The number of rotatable bonds is 1. The van der Waals surface area contributed by atoms with Crippen LogP contribution >= 0.6 is 0 Å². The fraction of sp³-hybridized carbons (Fsp3) is 1.00. The third kappa shape index (κ3) is 11.8. The van der Waals surface area contributed by atoms with Crippen molar-refractivity contribution >= 4 is 0 Å². The number of aliphatic hydroxyl groups is 1. The second-order valence-electron chi connectivity index (χ2n) is 3.99. The topological polar surface area (TPSA) is 43.3 Å². The standard InChI is InChI=1S/C9H18O.C2H6.CH3O.K/c1-9(2,10)8-6-4-3-5-7-8;2*1-2;/h8,10H,3-7H2,1-2H3;1-2H3;1H3;/q;;-1;+1. The van der Waals surface area contributed by atoms with Gasteiger partial charge in [0.25, 0.3) is 0 Å². The fourth-order valence-electron chi connectivity index (χ4n) is 1.81. The second-order valence-corrected chi connectivity index (χ2v) is 3.99. The SMILES string of the molecule is CC.CC(C)(O)C1CCCCC1.C[O-].[K+]. The van der Waals surface area contributed by atoms with Crippen LogP contribution in [-0.2, 0) is 0 Å². The molecular formula is C12H27KO2. The molecule has 0 atom stereocenters. The molecular weight excluding hydrogens is 215 g/mol. The van der Waals surface area contributed by atoms with E-state index in [9.17, 15) is 5.11 Å². The number of hydrogen-bond donors (Lipinski definition) is 1. The summed E-state index contributed by atoms with van der Waals surface area (Å²) >= 11 is 0. The third-order valence-corrected chi connectivity index (χ3v) is 2.60. The van der Waals surface area contributed by atoms with Gasteiger partial charge in [0, 0.05) is 0 Å². The summed E-state index contributed by atoms with van der Waals surface area (Å²) in [6.07, 6.45) is 6.45. The molecule has 0 aliphatic heterocycles. The van der Waals surface area contributed by atoms with E-state index < -0.39 is 5.60 Å². The van der Waals surface area contributed by atoms with Crippen LogP contribution in [0.4, 0.5) is 0 Å². The Hall–Kier alpha value is 1.56. The predicted octanol–water partition coefficient (Wildman–Crippen LogP) is -0.656. The summed E-state index contributed by atoms with van der Waals surface area (Å²) in [5.74, 6) is 0.557. The van der Waals surface area contributed by atoms with Gasteiger partial charge in [-0.2, -0.15) is 7.11 Å². The van der Waals surface area contributed by atoms with Gasteiger partial charge in [0.2, 0.25) is 0 Å². The van der Waals surface area contributed by atoms with Gasteiger partial charge in [0.05, 0.1) is 5.60 Å². The molecule has 0 unspecified atom stereocenters. The Kier molecular flexibility index (Phi) is 19.8. The minimum Gasteiger partial charge on any atom is -0.857 e. The van der Waals surface area contributed by atoms with E-state index in [0.717, 1.165) is 7.11 Å². The molecule has 1 aliphatic carbocycles. The smallest absolute Gasteiger partial charge is 0.857 e. The van der Waals surface area contributed by atoms with Crippen LogP contribution < -0.4 is 56.5 Å². The molecule has 2 nitrogen and oxygen atoms in total. The van der Waals surface area contributed by atoms with Crippen LogP contribution in [0, 0.1) is 5.92 Å². The van der Waals surface area contributed by atoms with Gasteiger partial charge in [-0.25, -0.2) is 0 Å². The van der Waals surface area contributed by atoms with E-state index >= 15 is 0 Å². The van der Waals surface area contributed by atoms with E-state index in [1.165, 1.54) is 32.1 Å². The summed E-state index contributed by atoms with van der Waals surface area (Å²) in [5, 5.41) is 17.9. The summed E-state index contributed by atoms with van der Waals surface area (Å²) in [5.41, 5.74) is -0.430. The van der Waals surface area contributed by atoms with Gasteiger partial charge in [-0.1, -0.05) is 33.1 Å². The average molecular weight is 242 g/mol. The molecule has 1 aliphatic rings. The van der Waals surface area contributed by atoms with Crippen LogP contribution in [0.5, 0.6) is 0 Å². The molecule has 0 heterocycles. The molecule has 0 aromatic rings. The van der Waals surface area contributed by atoms with Gasteiger partial charge in [-0.15, -0.1) is 0 Å². The normalized spacial score (nSPS) is 16.2. The fourth-order valence-corrected chi connectivity index (χ4v) is 1.81. The van der Waals surface area contributed by atoms with Crippen LogP contribution in [-0.4, -0.2) is 17.8 Å². The molecule has 0 radical (unpaired) electrons. The molecule has 88 valence electrons. The minimum absolute atomic E-state index is 0. The van der Waals surface area contributed by atoms with E-state index in [1.807, 2.05) is 27.7 Å². The summed E-state index contributed by atoms with van der Waals surface area (Å²) < 4.78 is 0. The Labute approximate surface area is 138 Å². The summed E-state index contributed by atoms with van der Waals surface area (Å²) in [6.45, 7) is 7.87. The van der Waals surface area contributed by atoms with Crippen molar-refractivity contribution in [2.45, 2.75) is 65.4 Å². The van der Waals surface area contributed by atoms with Crippen molar-refractivity contribution in [2.24, 2.45) is 5.92 Å². The van der Waals surface area contributed by atoms with Crippen LogP contribution in [0.15, 0.2) is 0 Å². The van der Waals surface area contributed by atoms with Crippen LogP contribution in [0.3, 0.4) is 0 Å². The first kappa shape index (κ1) is 21.8. The van der Waals surface area contributed by atoms with Crippen LogP contribution in [0.25, 0.3) is 0 Å². The van der Waals surface area contributed by atoms with Crippen molar-refractivity contribution in [1.82, 2.24) is 0 Å². The molecule has 1 rings (SSSR count). The zero-order chi connectivity index (χ0) is 11.6. The van der Waals surface area contributed by atoms with E-state index in [-0.39, 0.29) is 51.4 Å². The maximum absolute atomic E-state index is 9.64. The first-order valence-corrected chi connectivity index (χ1v) is 5.74. The molecule has 1 fully saturated rings. The van der Waals surface area contributed by atoms with Gasteiger partial charge in [-0.05, 0) is 32.6 Å². The number of hydrogen-bond acceptors (Lipinski definition) is 2. The molecule has 3 heteroatoms. The van der Waals surface area contributed by atoms with Crippen molar-refractivity contribution < 1.29 is 61.6 Å². The van der Waals surface area contributed by atoms with Crippen molar-refractivity contribution in [3.05, 3.63) is 0 Å². The van der Waals surface area contributed by atoms with Gasteiger partial charge < -0.3 is 10.2 Å². The van der Waals surface area contributed by atoms with Gasteiger partial charge in [-0.3, -0.25) is 0 Å². The quantitative estimate of drug-likeness (QED) is 0.621. The zero-order valence-corrected chi connectivity index (χ0v) is 14.6. The van der Waals surface area contributed by atoms with Gasteiger partial charge in [0.1, 0.15) is 0 Å². The zero-order valence-electron chi connectivity index (χ0n) is 11.5. The Morgan fingerprint density at radius 1 is 1.00 bits per heavy atom.